The number of hydrogen-bond acceptors (Lipinski definition) is 3. The summed E-state index contributed by atoms with van der Waals surface area (Å²) in [6, 6.07) is 9.77. The SMILES string of the molecule is N#Cc1ccsc1NC(=O)C=Cc1ccccc1F. The lowest BCUT2D eigenvalue weighted by atomic mass is 10.2. The molecule has 1 amide bonds. The fourth-order valence-electron chi connectivity index (χ4n) is 1.42. The summed E-state index contributed by atoms with van der Waals surface area (Å²) in [5, 5.41) is 13.6. The van der Waals surface area contributed by atoms with Gasteiger partial charge in [0, 0.05) is 11.6 Å². The van der Waals surface area contributed by atoms with Gasteiger partial charge in [-0.05, 0) is 23.6 Å². The van der Waals surface area contributed by atoms with E-state index in [-0.39, 0.29) is 5.82 Å². The first-order chi connectivity index (χ1) is 9.20. The highest BCUT2D eigenvalue weighted by molar-refractivity contribution is 7.14. The van der Waals surface area contributed by atoms with Crippen LogP contribution < -0.4 is 5.32 Å². The third-order valence-electron chi connectivity index (χ3n) is 2.34. The maximum Gasteiger partial charge on any atom is 0.249 e. The molecule has 1 aromatic carbocycles. The molecule has 1 heterocycles. The van der Waals surface area contributed by atoms with E-state index in [1.165, 1.54) is 29.6 Å². The minimum atomic E-state index is -0.401. The summed E-state index contributed by atoms with van der Waals surface area (Å²) in [5.74, 6) is -0.789. The Balaban J connectivity index is 2.07. The van der Waals surface area contributed by atoms with Crippen molar-refractivity contribution in [3.8, 4) is 6.07 Å². The predicted molar refractivity (Wildman–Crippen MR) is 73.1 cm³/mol. The molecule has 94 valence electrons. The van der Waals surface area contributed by atoms with Crippen molar-refractivity contribution in [2.75, 3.05) is 5.32 Å². The molecule has 1 N–H and O–H groups in total. The van der Waals surface area contributed by atoms with Crippen LogP contribution in [0.4, 0.5) is 9.39 Å². The van der Waals surface area contributed by atoms with E-state index in [2.05, 4.69) is 5.32 Å². The molecule has 0 aliphatic heterocycles. The molecule has 0 fully saturated rings. The second kappa shape index (κ2) is 5.94. The Hall–Kier alpha value is -2.45. The van der Waals surface area contributed by atoms with Crippen LogP contribution in [0.3, 0.4) is 0 Å². The van der Waals surface area contributed by atoms with Gasteiger partial charge in [-0.2, -0.15) is 5.26 Å². The fraction of sp³-hybridized carbons (Fsp3) is 0. The predicted octanol–water partition coefficient (Wildman–Crippen LogP) is 3.41. The van der Waals surface area contributed by atoms with Crippen LogP contribution >= 0.6 is 11.3 Å². The van der Waals surface area contributed by atoms with Crippen LogP contribution in [-0.4, -0.2) is 5.91 Å². The van der Waals surface area contributed by atoms with E-state index in [9.17, 15) is 9.18 Å². The maximum atomic E-state index is 13.3. The molecular weight excluding hydrogens is 263 g/mol. The Bertz CT molecular complexity index is 670. The second-order valence-corrected chi connectivity index (χ2v) is 4.54. The number of carbonyl (C=O) groups excluding carboxylic acids is 1. The van der Waals surface area contributed by atoms with Gasteiger partial charge in [0.1, 0.15) is 16.9 Å². The Kier molecular flexibility index (Phi) is 4.06. The zero-order valence-electron chi connectivity index (χ0n) is 9.76. The van der Waals surface area contributed by atoms with E-state index in [1.807, 2.05) is 6.07 Å². The van der Waals surface area contributed by atoms with Crippen molar-refractivity contribution in [3.05, 3.63) is 58.7 Å². The number of halogens is 1. The number of hydrogen-bond donors (Lipinski definition) is 1. The smallest absolute Gasteiger partial charge is 0.249 e. The first-order valence-corrected chi connectivity index (χ1v) is 6.30. The van der Waals surface area contributed by atoms with E-state index in [4.69, 9.17) is 5.26 Å². The fourth-order valence-corrected chi connectivity index (χ4v) is 2.16. The van der Waals surface area contributed by atoms with Crippen molar-refractivity contribution in [2.45, 2.75) is 0 Å². The monoisotopic (exact) mass is 272 g/mol. The number of rotatable bonds is 3. The largest absolute Gasteiger partial charge is 0.313 e. The van der Waals surface area contributed by atoms with Gasteiger partial charge in [-0.15, -0.1) is 11.3 Å². The highest BCUT2D eigenvalue weighted by atomic mass is 32.1. The lowest BCUT2D eigenvalue weighted by molar-refractivity contribution is -0.111. The van der Waals surface area contributed by atoms with Crippen LogP contribution in [0.5, 0.6) is 0 Å². The summed E-state index contributed by atoms with van der Waals surface area (Å²) < 4.78 is 13.3. The average molecular weight is 272 g/mol. The number of anilines is 1. The first kappa shape index (κ1) is 13.0. The van der Waals surface area contributed by atoms with Crippen LogP contribution in [0.15, 0.2) is 41.8 Å². The van der Waals surface area contributed by atoms with Gasteiger partial charge in [-0.3, -0.25) is 4.79 Å². The molecule has 0 aliphatic carbocycles. The van der Waals surface area contributed by atoms with E-state index in [1.54, 1.807) is 29.6 Å². The molecule has 0 atom stereocenters. The molecule has 2 aromatic rings. The quantitative estimate of drug-likeness (QED) is 0.870. The normalized spacial score (nSPS) is 10.3. The summed E-state index contributed by atoms with van der Waals surface area (Å²) in [4.78, 5) is 11.6. The highest BCUT2D eigenvalue weighted by Gasteiger charge is 2.05. The van der Waals surface area contributed by atoms with E-state index >= 15 is 0 Å². The number of nitrogens with one attached hydrogen (secondary N) is 1. The summed E-state index contributed by atoms with van der Waals surface area (Å²) in [6.45, 7) is 0. The number of thiophene rings is 1. The van der Waals surface area contributed by atoms with Crippen molar-refractivity contribution < 1.29 is 9.18 Å². The van der Waals surface area contributed by atoms with Crippen LogP contribution in [0.2, 0.25) is 0 Å². The second-order valence-electron chi connectivity index (χ2n) is 3.62. The van der Waals surface area contributed by atoms with Crippen molar-refractivity contribution >= 4 is 28.3 Å². The van der Waals surface area contributed by atoms with Gasteiger partial charge in [0.05, 0.1) is 5.56 Å². The molecule has 5 heteroatoms. The number of amides is 1. The molecule has 0 unspecified atom stereocenters. The molecule has 1 aromatic heterocycles. The van der Waals surface area contributed by atoms with E-state index in [0.29, 0.717) is 16.1 Å². The Morgan fingerprint density at radius 1 is 1.37 bits per heavy atom. The highest BCUT2D eigenvalue weighted by Crippen LogP contribution is 2.22. The Morgan fingerprint density at radius 2 is 2.16 bits per heavy atom. The van der Waals surface area contributed by atoms with Gasteiger partial charge >= 0.3 is 0 Å². The zero-order chi connectivity index (χ0) is 13.7. The minimum Gasteiger partial charge on any atom is -0.313 e. The van der Waals surface area contributed by atoms with Gasteiger partial charge in [-0.1, -0.05) is 18.2 Å². The third-order valence-corrected chi connectivity index (χ3v) is 3.17. The number of benzene rings is 1. The van der Waals surface area contributed by atoms with Crippen LogP contribution in [0, 0.1) is 17.1 Å². The molecule has 3 nitrogen and oxygen atoms in total. The molecule has 0 saturated heterocycles. The summed E-state index contributed by atoms with van der Waals surface area (Å²) in [7, 11) is 0. The Morgan fingerprint density at radius 3 is 2.89 bits per heavy atom. The van der Waals surface area contributed by atoms with Crippen molar-refractivity contribution in [2.24, 2.45) is 0 Å². The molecule has 0 aliphatic rings. The summed E-state index contributed by atoms with van der Waals surface area (Å²) in [5.41, 5.74) is 0.752. The van der Waals surface area contributed by atoms with Crippen LogP contribution in [0.25, 0.3) is 6.08 Å². The zero-order valence-corrected chi connectivity index (χ0v) is 10.6. The van der Waals surface area contributed by atoms with Crippen molar-refractivity contribution in [3.63, 3.8) is 0 Å². The van der Waals surface area contributed by atoms with Gasteiger partial charge in [0.25, 0.3) is 0 Å². The molecule has 19 heavy (non-hydrogen) atoms. The summed E-state index contributed by atoms with van der Waals surface area (Å²) >= 11 is 1.26. The summed E-state index contributed by atoms with van der Waals surface area (Å²) in [6.07, 6.45) is 2.63. The van der Waals surface area contributed by atoms with Crippen LogP contribution in [-0.2, 0) is 4.79 Å². The topological polar surface area (TPSA) is 52.9 Å². The number of nitrogens with zero attached hydrogens (tertiary/aromatic N) is 1. The van der Waals surface area contributed by atoms with E-state index in [0.717, 1.165) is 0 Å². The van der Waals surface area contributed by atoms with Crippen molar-refractivity contribution in [1.82, 2.24) is 0 Å². The molecule has 0 radical (unpaired) electrons. The van der Waals surface area contributed by atoms with E-state index < -0.39 is 5.91 Å². The lowest BCUT2D eigenvalue weighted by Crippen LogP contribution is -2.07. The molecule has 0 spiro atoms. The van der Waals surface area contributed by atoms with Crippen molar-refractivity contribution in [1.29, 1.82) is 5.26 Å². The molecule has 0 bridgehead atoms. The third kappa shape index (κ3) is 3.27. The van der Waals surface area contributed by atoms with Gasteiger partial charge in [0.15, 0.2) is 0 Å². The van der Waals surface area contributed by atoms with Gasteiger partial charge < -0.3 is 5.32 Å². The first-order valence-electron chi connectivity index (χ1n) is 5.42. The molecule has 2 rings (SSSR count). The lowest BCUT2D eigenvalue weighted by Gasteiger charge is -1.99. The van der Waals surface area contributed by atoms with Gasteiger partial charge in [-0.25, -0.2) is 4.39 Å². The number of nitriles is 1. The maximum absolute atomic E-state index is 13.3. The minimum absolute atomic E-state index is 0.337. The Labute approximate surface area is 113 Å². The average Bonchev–Trinajstić information content (AvgIpc) is 2.85. The standard InChI is InChI=1S/C14H9FN2OS/c15-12-4-2-1-3-10(12)5-6-13(18)17-14-11(9-16)7-8-19-14/h1-8H,(H,17,18). The molecular formula is C14H9FN2OS. The van der Waals surface area contributed by atoms with Gasteiger partial charge in [0.2, 0.25) is 5.91 Å². The van der Waals surface area contributed by atoms with Crippen LogP contribution in [0.1, 0.15) is 11.1 Å². The number of carbonyl (C=O) groups is 1. The molecule has 0 saturated carbocycles.